The molecule has 1 aromatic carbocycles. The lowest BCUT2D eigenvalue weighted by molar-refractivity contribution is -0.140. The number of alkyl halides is 3. The summed E-state index contributed by atoms with van der Waals surface area (Å²) in [5.74, 6) is -0.592. The van der Waals surface area contributed by atoms with Crippen LogP contribution in [-0.4, -0.2) is 21.3 Å². The van der Waals surface area contributed by atoms with Gasteiger partial charge in [-0.15, -0.1) is 0 Å². The molecule has 0 aliphatic carbocycles. The highest BCUT2D eigenvalue weighted by atomic mass is 19.4. The molecule has 0 saturated carbocycles. The molecule has 0 radical (unpaired) electrons. The summed E-state index contributed by atoms with van der Waals surface area (Å²) < 4.78 is 53.2. The van der Waals surface area contributed by atoms with Gasteiger partial charge >= 0.3 is 6.18 Å². The van der Waals surface area contributed by atoms with E-state index in [1.807, 2.05) is 0 Å². The van der Waals surface area contributed by atoms with Gasteiger partial charge in [-0.25, -0.2) is 0 Å². The van der Waals surface area contributed by atoms with Crippen molar-refractivity contribution in [3.05, 3.63) is 17.2 Å². The Morgan fingerprint density at radius 1 is 0.941 bits per heavy atom. The fourth-order valence-electron chi connectivity index (χ4n) is 1.62. The minimum Gasteiger partial charge on any atom is -0.496 e. The lowest BCUT2D eigenvalue weighted by Gasteiger charge is -2.19. The van der Waals surface area contributed by atoms with Crippen LogP contribution in [0.15, 0.2) is 6.07 Å². The van der Waals surface area contributed by atoms with Gasteiger partial charge in [-0.05, 0) is 18.6 Å². The van der Waals surface area contributed by atoms with Crippen LogP contribution in [0.4, 0.5) is 13.2 Å². The summed E-state index contributed by atoms with van der Waals surface area (Å²) in [6.07, 6.45) is -4.57. The zero-order valence-electron chi connectivity index (χ0n) is 9.94. The molecule has 1 aromatic rings. The second-order valence-corrected chi connectivity index (χ2v) is 3.33. The molecule has 1 rings (SSSR count). The lowest BCUT2D eigenvalue weighted by Crippen LogP contribution is -2.11. The summed E-state index contributed by atoms with van der Waals surface area (Å²) in [6, 6.07) is 1.27. The molecule has 6 heteroatoms. The predicted molar refractivity (Wildman–Crippen MR) is 55.8 cm³/mol. The van der Waals surface area contributed by atoms with Gasteiger partial charge in [-0.3, -0.25) is 0 Å². The minimum absolute atomic E-state index is 0.0561. The summed E-state index contributed by atoms with van der Waals surface area (Å²) in [6.45, 7) is 1.62. The zero-order chi connectivity index (χ0) is 13.2. The highest BCUT2D eigenvalue weighted by Crippen LogP contribution is 2.48. The van der Waals surface area contributed by atoms with Gasteiger partial charge in [-0.1, -0.05) is 0 Å². The van der Waals surface area contributed by atoms with Crippen LogP contribution in [0.3, 0.4) is 0 Å². The Morgan fingerprint density at radius 3 is 1.82 bits per heavy atom. The normalized spacial score (nSPS) is 11.2. The van der Waals surface area contributed by atoms with E-state index in [2.05, 4.69) is 0 Å². The molecule has 0 aromatic heterocycles. The molecule has 0 saturated heterocycles. The first-order valence-corrected chi connectivity index (χ1v) is 4.73. The van der Waals surface area contributed by atoms with Gasteiger partial charge in [0.15, 0.2) is 11.5 Å². The van der Waals surface area contributed by atoms with E-state index in [1.165, 1.54) is 20.3 Å². The smallest absolute Gasteiger partial charge is 0.423 e. The van der Waals surface area contributed by atoms with E-state index in [1.54, 1.807) is 6.92 Å². The van der Waals surface area contributed by atoms with Gasteiger partial charge in [0.2, 0.25) is 0 Å². The number of hydrogen-bond acceptors (Lipinski definition) is 3. The Morgan fingerprint density at radius 2 is 1.47 bits per heavy atom. The van der Waals surface area contributed by atoms with Crippen LogP contribution in [0.2, 0.25) is 0 Å². The van der Waals surface area contributed by atoms with E-state index in [-0.39, 0.29) is 17.2 Å². The fraction of sp³-hybridized carbons (Fsp3) is 0.455. The SMILES string of the molecule is COc1cc(C)c(OC)c(OC)c1C(F)(F)F. The van der Waals surface area contributed by atoms with Crippen molar-refractivity contribution in [1.29, 1.82) is 0 Å². The number of aryl methyl sites for hydroxylation is 1. The van der Waals surface area contributed by atoms with Crippen LogP contribution in [0.1, 0.15) is 11.1 Å². The van der Waals surface area contributed by atoms with Crippen molar-refractivity contribution in [2.75, 3.05) is 21.3 Å². The molecule has 0 aliphatic rings. The number of benzene rings is 1. The predicted octanol–water partition coefficient (Wildman–Crippen LogP) is 3.04. The second-order valence-electron chi connectivity index (χ2n) is 3.33. The number of rotatable bonds is 3. The van der Waals surface area contributed by atoms with Crippen molar-refractivity contribution < 1.29 is 27.4 Å². The Labute approximate surface area is 97.1 Å². The third-order valence-corrected chi connectivity index (χ3v) is 2.30. The standard InChI is InChI=1S/C11H13F3O3/c1-6-5-7(15-2)8(11(12,13)14)10(17-4)9(6)16-3/h5H,1-4H3. The van der Waals surface area contributed by atoms with E-state index in [0.29, 0.717) is 5.56 Å². The maximum absolute atomic E-state index is 12.9. The summed E-state index contributed by atoms with van der Waals surface area (Å²) in [5, 5.41) is 0. The number of methoxy groups -OCH3 is 3. The molecule has 0 atom stereocenters. The van der Waals surface area contributed by atoms with Crippen molar-refractivity contribution >= 4 is 0 Å². The monoisotopic (exact) mass is 250 g/mol. The number of ether oxygens (including phenoxy) is 3. The van der Waals surface area contributed by atoms with Gasteiger partial charge in [-0.2, -0.15) is 13.2 Å². The first kappa shape index (κ1) is 13.5. The van der Waals surface area contributed by atoms with Crippen molar-refractivity contribution in [2.24, 2.45) is 0 Å². The third kappa shape index (κ3) is 2.40. The number of hydrogen-bond donors (Lipinski definition) is 0. The Hall–Kier alpha value is -1.59. The third-order valence-electron chi connectivity index (χ3n) is 2.30. The fourth-order valence-corrected chi connectivity index (χ4v) is 1.62. The Kier molecular flexibility index (Phi) is 3.75. The van der Waals surface area contributed by atoms with Gasteiger partial charge in [0.25, 0.3) is 0 Å². The van der Waals surface area contributed by atoms with Crippen LogP contribution in [-0.2, 0) is 6.18 Å². The quantitative estimate of drug-likeness (QED) is 0.825. The van der Waals surface area contributed by atoms with E-state index in [9.17, 15) is 13.2 Å². The second kappa shape index (κ2) is 4.73. The van der Waals surface area contributed by atoms with Crippen molar-refractivity contribution in [1.82, 2.24) is 0 Å². The van der Waals surface area contributed by atoms with Crippen molar-refractivity contribution in [2.45, 2.75) is 13.1 Å². The van der Waals surface area contributed by atoms with E-state index in [4.69, 9.17) is 14.2 Å². The van der Waals surface area contributed by atoms with Crippen LogP contribution >= 0.6 is 0 Å². The Balaban J connectivity index is 3.63. The highest BCUT2D eigenvalue weighted by Gasteiger charge is 2.40. The molecule has 0 heterocycles. The topological polar surface area (TPSA) is 27.7 Å². The molecule has 0 fully saturated rings. The summed E-state index contributed by atoms with van der Waals surface area (Å²) in [7, 11) is 3.62. The van der Waals surface area contributed by atoms with E-state index < -0.39 is 11.7 Å². The first-order chi connectivity index (χ1) is 7.86. The maximum Gasteiger partial charge on any atom is 0.423 e. The molecule has 3 nitrogen and oxygen atoms in total. The molecule has 96 valence electrons. The van der Waals surface area contributed by atoms with Crippen LogP contribution in [0, 0.1) is 6.92 Å². The molecule has 0 aliphatic heterocycles. The largest absolute Gasteiger partial charge is 0.496 e. The average Bonchev–Trinajstić information content (AvgIpc) is 2.25. The zero-order valence-corrected chi connectivity index (χ0v) is 9.94. The summed E-state index contributed by atoms with van der Waals surface area (Å²) >= 11 is 0. The highest BCUT2D eigenvalue weighted by molar-refractivity contribution is 5.59. The Bertz CT molecular complexity index is 413. The summed E-state index contributed by atoms with van der Waals surface area (Å²) in [4.78, 5) is 0. The van der Waals surface area contributed by atoms with Crippen LogP contribution < -0.4 is 14.2 Å². The van der Waals surface area contributed by atoms with Gasteiger partial charge in [0.05, 0.1) is 21.3 Å². The molecule has 0 N–H and O–H groups in total. The van der Waals surface area contributed by atoms with Crippen molar-refractivity contribution in [3.8, 4) is 17.2 Å². The average molecular weight is 250 g/mol. The molecule has 17 heavy (non-hydrogen) atoms. The van der Waals surface area contributed by atoms with Crippen molar-refractivity contribution in [3.63, 3.8) is 0 Å². The minimum atomic E-state index is -4.57. The van der Waals surface area contributed by atoms with Gasteiger partial charge in [0, 0.05) is 0 Å². The van der Waals surface area contributed by atoms with Gasteiger partial charge < -0.3 is 14.2 Å². The molecule has 0 amide bonds. The molecule has 0 unspecified atom stereocenters. The van der Waals surface area contributed by atoms with E-state index >= 15 is 0 Å². The first-order valence-electron chi connectivity index (χ1n) is 4.73. The van der Waals surface area contributed by atoms with E-state index in [0.717, 1.165) is 7.11 Å². The molecule has 0 spiro atoms. The summed E-state index contributed by atoms with van der Waals surface area (Å²) in [5.41, 5.74) is -0.459. The molecule has 0 bridgehead atoms. The maximum atomic E-state index is 12.9. The molecular weight excluding hydrogens is 237 g/mol. The lowest BCUT2D eigenvalue weighted by atomic mass is 10.1. The molecular formula is C11H13F3O3. The van der Waals surface area contributed by atoms with Crippen LogP contribution in [0.25, 0.3) is 0 Å². The van der Waals surface area contributed by atoms with Crippen LogP contribution in [0.5, 0.6) is 17.2 Å². The van der Waals surface area contributed by atoms with Gasteiger partial charge in [0.1, 0.15) is 11.3 Å². The number of halogens is 3.